The van der Waals surface area contributed by atoms with Gasteiger partial charge in [-0.3, -0.25) is 0 Å². The average Bonchev–Trinajstić information content (AvgIpc) is 3.23. The molecule has 0 aliphatic carbocycles. The Hall–Kier alpha value is 2.10. The van der Waals surface area contributed by atoms with Gasteiger partial charge >= 0.3 is 0 Å². The topological polar surface area (TPSA) is 0 Å². The normalized spacial score (nSPS) is 12.7. The van der Waals surface area contributed by atoms with Crippen LogP contribution in [0.25, 0.3) is 0 Å². The molecule has 348 valence electrons. The van der Waals surface area contributed by atoms with Crippen molar-refractivity contribution in [2.24, 2.45) is 11.3 Å². The molecule has 0 spiro atoms. The van der Waals surface area contributed by atoms with Gasteiger partial charge in [-0.2, -0.15) is 75.8 Å². The van der Waals surface area contributed by atoms with E-state index < -0.39 is 0 Å². The molecule has 0 saturated carbocycles. The average molecular weight is 922 g/mol. The van der Waals surface area contributed by atoms with E-state index in [2.05, 4.69) is 56.3 Å². The van der Waals surface area contributed by atoms with Crippen LogP contribution in [0.15, 0.2) is 0 Å². The molecule has 1 atom stereocenters. The second kappa shape index (κ2) is 50.1. The molecular formula is C52H104S6. The molecule has 6 heteroatoms. The third-order valence-corrected chi connectivity index (χ3v) is 15.6. The summed E-state index contributed by atoms with van der Waals surface area (Å²) in [6.07, 6.45) is 60.5. The maximum Gasteiger partial charge on any atom is 0.0338 e. The predicted octanol–water partition coefficient (Wildman–Crippen LogP) is 20.0. The molecule has 58 heavy (non-hydrogen) atoms. The summed E-state index contributed by atoms with van der Waals surface area (Å²) in [6, 6.07) is 0. The fraction of sp³-hybridized carbons (Fsp3) is 0.962. The van der Waals surface area contributed by atoms with Crippen molar-refractivity contribution in [3.63, 3.8) is 0 Å². The van der Waals surface area contributed by atoms with Crippen LogP contribution in [0.2, 0.25) is 0 Å². The van der Waals surface area contributed by atoms with Crippen molar-refractivity contribution in [2.45, 2.75) is 283 Å². The summed E-state index contributed by atoms with van der Waals surface area (Å²) >= 11 is 28.2. The number of thiol groups is 6. The van der Waals surface area contributed by atoms with Crippen LogP contribution in [0.5, 0.6) is 0 Å². The van der Waals surface area contributed by atoms with E-state index in [1.807, 2.05) is 0 Å². The first-order valence-corrected chi connectivity index (χ1v) is 29.6. The minimum atomic E-state index is 0.213. The summed E-state index contributed by atoms with van der Waals surface area (Å²) in [6.45, 7) is 0. The first-order valence-electron chi connectivity index (χ1n) is 26.1. The standard InChI is InChI=1S/C52H104S6/c53-45-37-29-21-13-5-1-9-17-25-33-41-50(49-57)52(43-35-27-19-11-3-7-15-23-31-39-47-55,44-36-28-20-12-4-8-16-24-32-40-48-56)51(58)42-34-26-18-10-2-6-14-22-30-38-46-54/h49-50,53-58H,1-48H2. The Bertz CT molecular complexity index is 723. The van der Waals surface area contributed by atoms with Gasteiger partial charge in [0.15, 0.2) is 0 Å². The zero-order chi connectivity index (χ0) is 42.3. The molecule has 0 N–H and O–H groups in total. The SMILES string of the molecule is S[CH]C(CCCCCCCCCCCCS)C(CCCCCCCCCCCCS)(CCCCCCCCCCCCS)[C](S)CCCCCCCCCCCCS. The van der Waals surface area contributed by atoms with Gasteiger partial charge in [0.25, 0.3) is 0 Å². The first kappa shape index (κ1) is 60.1. The molecule has 0 bridgehead atoms. The molecule has 0 saturated heterocycles. The quantitative estimate of drug-likeness (QED) is 0.0254. The van der Waals surface area contributed by atoms with Crippen LogP contribution in [0.4, 0.5) is 0 Å². The number of hydrogen-bond donors (Lipinski definition) is 6. The van der Waals surface area contributed by atoms with Crippen LogP contribution in [-0.2, 0) is 0 Å². The molecule has 0 nitrogen and oxygen atoms in total. The predicted molar refractivity (Wildman–Crippen MR) is 290 cm³/mol. The second-order valence-electron chi connectivity index (χ2n) is 18.4. The van der Waals surface area contributed by atoms with Crippen molar-refractivity contribution in [1.29, 1.82) is 0 Å². The van der Waals surface area contributed by atoms with Crippen LogP contribution in [0.1, 0.15) is 283 Å². The highest BCUT2D eigenvalue weighted by atomic mass is 32.1. The molecule has 0 amide bonds. The lowest BCUT2D eigenvalue weighted by Gasteiger charge is -2.45. The van der Waals surface area contributed by atoms with Crippen molar-refractivity contribution >= 4 is 75.8 Å². The smallest absolute Gasteiger partial charge is 0.0338 e. The number of unbranched alkanes of at least 4 members (excludes halogenated alkanes) is 36. The van der Waals surface area contributed by atoms with E-state index in [4.69, 9.17) is 25.3 Å². The van der Waals surface area contributed by atoms with E-state index in [1.165, 1.54) is 283 Å². The Kier molecular flexibility index (Phi) is 51.9. The molecule has 0 aromatic rings. The van der Waals surface area contributed by atoms with E-state index in [0.29, 0.717) is 5.92 Å². The van der Waals surface area contributed by atoms with Gasteiger partial charge < -0.3 is 0 Å². The van der Waals surface area contributed by atoms with Crippen LogP contribution in [-0.4, -0.2) is 23.0 Å². The van der Waals surface area contributed by atoms with Gasteiger partial charge in [-0.25, -0.2) is 0 Å². The Morgan fingerprint density at radius 1 is 0.310 bits per heavy atom. The number of hydrogen-bond acceptors (Lipinski definition) is 6. The van der Waals surface area contributed by atoms with Gasteiger partial charge in [-0.15, -0.1) is 0 Å². The van der Waals surface area contributed by atoms with E-state index >= 15 is 0 Å². The lowest BCUT2D eigenvalue weighted by molar-refractivity contribution is 0.162. The third kappa shape index (κ3) is 38.5. The Labute approximate surface area is 400 Å². The zero-order valence-corrected chi connectivity index (χ0v) is 44.1. The molecule has 0 aliphatic rings. The first-order chi connectivity index (χ1) is 28.6. The van der Waals surface area contributed by atoms with E-state index in [9.17, 15) is 0 Å². The van der Waals surface area contributed by atoms with Crippen LogP contribution in [0.3, 0.4) is 0 Å². The molecule has 0 heterocycles. The zero-order valence-electron chi connectivity index (χ0n) is 38.8. The van der Waals surface area contributed by atoms with Gasteiger partial charge in [0.1, 0.15) is 0 Å². The summed E-state index contributed by atoms with van der Waals surface area (Å²) in [5.74, 6) is 7.10. The molecule has 0 aliphatic heterocycles. The van der Waals surface area contributed by atoms with Gasteiger partial charge in [-0.05, 0) is 85.7 Å². The highest BCUT2D eigenvalue weighted by Crippen LogP contribution is 2.53. The molecule has 1 unspecified atom stereocenters. The lowest BCUT2D eigenvalue weighted by atomic mass is 9.64. The van der Waals surface area contributed by atoms with Crippen LogP contribution in [0, 0.1) is 22.3 Å². The van der Waals surface area contributed by atoms with Gasteiger partial charge in [0.2, 0.25) is 0 Å². The van der Waals surface area contributed by atoms with Gasteiger partial charge in [0, 0.05) is 11.0 Å². The summed E-state index contributed by atoms with van der Waals surface area (Å²) < 4.78 is 0. The molecule has 0 aromatic carbocycles. The summed E-state index contributed by atoms with van der Waals surface area (Å²) in [7, 11) is 0. The summed E-state index contributed by atoms with van der Waals surface area (Å²) in [5.41, 5.74) is 0.213. The molecule has 2 radical (unpaired) electrons. The van der Waals surface area contributed by atoms with Crippen molar-refractivity contribution in [1.82, 2.24) is 0 Å². The minimum Gasteiger partial charge on any atom is -0.179 e. The van der Waals surface area contributed by atoms with Crippen LogP contribution >= 0.6 is 75.8 Å². The summed E-state index contributed by atoms with van der Waals surface area (Å²) in [4.78, 5) is 0. The van der Waals surface area contributed by atoms with Crippen molar-refractivity contribution in [3.8, 4) is 0 Å². The summed E-state index contributed by atoms with van der Waals surface area (Å²) in [5, 5.41) is 1.55. The van der Waals surface area contributed by atoms with Gasteiger partial charge in [0.05, 0.1) is 0 Å². The monoisotopic (exact) mass is 921 g/mol. The van der Waals surface area contributed by atoms with Gasteiger partial charge in [-0.1, -0.05) is 231 Å². The highest BCUT2D eigenvalue weighted by molar-refractivity contribution is 7.83. The Balaban J connectivity index is 5.35. The molecule has 0 aromatic heterocycles. The Morgan fingerprint density at radius 3 is 0.793 bits per heavy atom. The Morgan fingerprint density at radius 2 is 0.534 bits per heavy atom. The van der Waals surface area contributed by atoms with Crippen molar-refractivity contribution in [2.75, 3.05) is 23.0 Å². The van der Waals surface area contributed by atoms with E-state index in [1.54, 1.807) is 5.25 Å². The fourth-order valence-electron chi connectivity index (χ4n) is 9.38. The largest absolute Gasteiger partial charge is 0.179 e. The fourth-order valence-corrected chi connectivity index (χ4v) is 11.3. The lowest BCUT2D eigenvalue weighted by Crippen LogP contribution is -2.35. The maximum atomic E-state index is 5.59. The van der Waals surface area contributed by atoms with Crippen molar-refractivity contribution in [3.05, 3.63) is 11.0 Å². The second-order valence-corrected chi connectivity index (χ2v) is 21.1. The molecular weight excluding hydrogens is 817 g/mol. The van der Waals surface area contributed by atoms with Crippen LogP contribution < -0.4 is 0 Å². The van der Waals surface area contributed by atoms with Crippen molar-refractivity contribution < 1.29 is 0 Å². The van der Waals surface area contributed by atoms with E-state index in [0.717, 1.165) is 23.0 Å². The minimum absolute atomic E-state index is 0.213. The highest BCUT2D eigenvalue weighted by Gasteiger charge is 2.42. The maximum absolute atomic E-state index is 5.59. The van der Waals surface area contributed by atoms with E-state index in [-0.39, 0.29) is 5.41 Å². The number of rotatable bonds is 51. The third-order valence-electron chi connectivity index (χ3n) is 13.3. The molecule has 0 rings (SSSR count). The molecule has 0 fully saturated rings.